The van der Waals surface area contributed by atoms with E-state index in [1.54, 1.807) is 0 Å². The second-order valence-electron chi connectivity index (χ2n) is 0.346. The molecule has 40 valence electrons. The molecule has 0 fully saturated rings. The van der Waals surface area contributed by atoms with E-state index < -0.39 is 7.32 Å². The summed E-state index contributed by atoms with van der Waals surface area (Å²) in [5.74, 6) is 0. The van der Waals surface area contributed by atoms with Crippen molar-refractivity contribution in [3.63, 3.8) is 0 Å². The summed E-state index contributed by atoms with van der Waals surface area (Å²) in [5, 5.41) is 21.5. The van der Waals surface area contributed by atoms with E-state index in [0.29, 0.717) is 0 Å². The van der Waals surface area contributed by atoms with Gasteiger partial charge in [0.05, 0.1) is 0 Å². The van der Waals surface area contributed by atoms with Gasteiger partial charge in [-0.05, 0) is 0 Å². The molecule has 5 N–H and O–H groups in total. The molecule has 0 saturated heterocycles. The molecule has 0 bridgehead atoms. The molecule has 0 amide bonds. The summed E-state index contributed by atoms with van der Waals surface area (Å²) in [7, 11) is -2.17. The first kappa shape index (κ1) is 23.4. The molecule has 0 aromatic rings. The second-order valence-corrected chi connectivity index (χ2v) is 0.346. The van der Waals surface area contributed by atoms with Gasteiger partial charge in [0.2, 0.25) is 0 Å². The van der Waals surface area contributed by atoms with Gasteiger partial charge in [-0.1, -0.05) is 0 Å². The summed E-state index contributed by atoms with van der Waals surface area (Å²) < 4.78 is 0. The van der Waals surface area contributed by atoms with Gasteiger partial charge in [-0.2, -0.15) is 0 Å². The average molecular weight is 230 g/mol. The topological polar surface area (TPSA) is 92.2 Å². The number of rotatable bonds is 0. The second kappa shape index (κ2) is 15.6. The Kier molecular flexibility index (Phi) is 52.3. The van der Waals surface area contributed by atoms with Crippen LogP contribution >= 0.6 is 0 Å². The van der Waals surface area contributed by atoms with Gasteiger partial charge >= 0.3 is 66.3 Å². The van der Waals surface area contributed by atoms with E-state index in [2.05, 4.69) is 0 Å². The maximum Gasteiger partial charge on any atom is 2.00 e. The van der Waals surface area contributed by atoms with Crippen LogP contribution in [0.25, 0.3) is 0 Å². The van der Waals surface area contributed by atoms with Gasteiger partial charge in [0.1, 0.15) is 0 Å². The molecule has 0 rings (SSSR count). The molecule has 0 heterocycles. The minimum Gasteiger partial charge on any atom is -1.00 e. The molecule has 0 radical (unpaired) electrons. The Hall–Kier alpha value is 1.65. The Morgan fingerprint density at radius 1 is 1.14 bits per heavy atom. The molecule has 0 aliphatic rings. The molecule has 7 heavy (non-hydrogen) atoms. The van der Waals surface area contributed by atoms with E-state index in [-0.39, 0.29) is 70.2 Å². The summed E-state index contributed by atoms with van der Waals surface area (Å²) in [6.07, 6.45) is 0. The fourth-order valence-corrected chi connectivity index (χ4v) is 0. The van der Waals surface area contributed by atoms with Crippen molar-refractivity contribution in [2.75, 3.05) is 0 Å². The van der Waals surface area contributed by atoms with Crippen LogP contribution in [0.15, 0.2) is 0 Å². The van der Waals surface area contributed by atoms with Gasteiger partial charge in [-0.25, -0.2) is 0 Å². The van der Waals surface area contributed by atoms with Crippen LogP contribution < -0.4 is 0 Å². The minimum absolute atomic E-state index is 0. The van der Waals surface area contributed by atoms with Crippen molar-refractivity contribution < 1.29 is 26.3 Å². The quantitative estimate of drug-likeness (QED) is 0.383. The Morgan fingerprint density at radius 2 is 1.14 bits per heavy atom. The zero-order chi connectivity index (χ0) is 3.58. The van der Waals surface area contributed by atoms with E-state index in [0.717, 1.165) is 0 Å². The summed E-state index contributed by atoms with van der Waals surface area (Å²) >= 11 is 0. The third-order valence-electron chi connectivity index (χ3n) is 0. The standard InChI is InChI=1S/BH3O3.Ba.Be.H2O.4H/c2-1(3)4;;;;;;;/h2-4H;;;1H2;;;;/q;2*+2;;4*-1. The largest absolute Gasteiger partial charge is 2.00 e. The molecule has 0 saturated carbocycles. The van der Waals surface area contributed by atoms with Crippen molar-refractivity contribution in [1.82, 2.24) is 0 Å². The summed E-state index contributed by atoms with van der Waals surface area (Å²) in [4.78, 5) is 0. The van der Waals surface area contributed by atoms with Gasteiger partial charge in [0.25, 0.3) is 0 Å². The molecular weight excluding hydrogens is 221 g/mol. The molecule has 0 aliphatic heterocycles. The summed E-state index contributed by atoms with van der Waals surface area (Å²) in [6, 6.07) is 0. The fourth-order valence-electron chi connectivity index (χ4n) is 0. The van der Waals surface area contributed by atoms with E-state index in [1.807, 2.05) is 0 Å². The molecule has 0 unspecified atom stereocenters. The molecule has 0 aliphatic carbocycles. The van der Waals surface area contributed by atoms with Crippen molar-refractivity contribution in [2.45, 2.75) is 0 Å². The normalized spacial score (nSPS) is 3.86. The fraction of sp³-hybridized carbons (Fsp3) is 0. The third-order valence-corrected chi connectivity index (χ3v) is 0. The van der Waals surface area contributed by atoms with E-state index in [9.17, 15) is 0 Å². The van der Waals surface area contributed by atoms with Gasteiger partial charge < -0.3 is 26.3 Å². The zero-order valence-corrected chi connectivity index (χ0v) is 8.27. The van der Waals surface area contributed by atoms with E-state index in [1.165, 1.54) is 0 Å². The van der Waals surface area contributed by atoms with Crippen LogP contribution in [0.2, 0.25) is 0 Å². The first-order valence-electron chi connectivity index (χ1n) is 0.775. The molecule has 0 atom stereocenters. The average Bonchev–Trinajstić information content (AvgIpc) is 0.811. The molecule has 0 spiro atoms. The van der Waals surface area contributed by atoms with Crippen LogP contribution in [0.4, 0.5) is 0 Å². The van der Waals surface area contributed by atoms with Crippen molar-refractivity contribution in [1.29, 1.82) is 0 Å². The minimum atomic E-state index is -2.17. The van der Waals surface area contributed by atoms with E-state index >= 15 is 0 Å². The van der Waals surface area contributed by atoms with E-state index in [4.69, 9.17) is 15.1 Å². The monoisotopic (exact) mass is 231 g/mol. The summed E-state index contributed by atoms with van der Waals surface area (Å²) in [5.41, 5.74) is 0. The Labute approximate surface area is 91.6 Å². The first-order valence-corrected chi connectivity index (χ1v) is 0.775. The molecule has 0 aromatic heterocycles. The van der Waals surface area contributed by atoms with Crippen LogP contribution in [0, 0.1) is 0 Å². The molecule has 4 nitrogen and oxygen atoms in total. The van der Waals surface area contributed by atoms with Crippen LogP contribution in [0.5, 0.6) is 0 Å². The number of hydrogen-bond donors (Lipinski definition) is 3. The predicted molar refractivity (Wildman–Crippen MR) is 32.0 cm³/mol. The van der Waals surface area contributed by atoms with Gasteiger partial charge in [-0.3, -0.25) is 0 Å². The summed E-state index contributed by atoms with van der Waals surface area (Å²) in [6.45, 7) is 0. The van der Waals surface area contributed by atoms with Gasteiger partial charge in [-0.15, -0.1) is 0 Å². The molecule has 0 aromatic carbocycles. The van der Waals surface area contributed by atoms with Crippen LogP contribution in [0.3, 0.4) is 0 Å². The maximum atomic E-state index is 7.17. The number of hydrogen-bond acceptors (Lipinski definition) is 3. The Balaban J connectivity index is -0.00000000214. The van der Waals surface area contributed by atoms with Gasteiger partial charge in [0.15, 0.2) is 0 Å². The van der Waals surface area contributed by atoms with Crippen LogP contribution in [-0.4, -0.2) is 86.9 Å². The van der Waals surface area contributed by atoms with Crippen LogP contribution in [-0.2, 0) is 0 Å². The van der Waals surface area contributed by atoms with Crippen molar-refractivity contribution >= 4 is 66.3 Å². The third kappa shape index (κ3) is 90.0. The molecular formula is H9BBaBeO4. The maximum absolute atomic E-state index is 7.17. The molecule has 7 heteroatoms. The zero-order valence-electron chi connectivity index (χ0n) is 7.83. The van der Waals surface area contributed by atoms with Crippen molar-refractivity contribution in [3.8, 4) is 0 Å². The van der Waals surface area contributed by atoms with Crippen molar-refractivity contribution in [3.05, 3.63) is 0 Å². The van der Waals surface area contributed by atoms with Crippen molar-refractivity contribution in [2.24, 2.45) is 0 Å². The SMILES string of the molecule is O.OB(O)O.[Ba+2].[Be+2].[H-].[H-].[H-].[H-]. The van der Waals surface area contributed by atoms with Gasteiger partial charge in [0, 0.05) is 0 Å². The predicted octanol–water partition coefficient (Wildman–Crippen LogP) is -3.19. The Bertz CT molecular complexity index is 26.8. The Morgan fingerprint density at radius 3 is 1.14 bits per heavy atom. The first-order chi connectivity index (χ1) is 1.73. The smallest absolute Gasteiger partial charge is 1.00 e. The van der Waals surface area contributed by atoms with Crippen LogP contribution in [0.1, 0.15) is 5.71 Å².